The minimum absolute atomic E-state index is 0.0477. The van der Waals surface area contributed by atoms with Gasteiger partial charge in [-0.05, 0) is 12.8 Å². The van der Waals surface area contributed by atoms with E-state index >= 15 is 0 Å². The predicted octanol–water partition coefficient (Wildman–Crippen LogP) is 7.68. The number of carbonyl (C=O) groups excluding carboxylic acids is 3. The molecule has 0 N–H and O–H groups in total. The molecule has 266 valence electrons. The Morgan fingerprint density at radius 3 is 1.38 bits per heavy atom. The number of rotatable bonds is 33. The summed E-state index contributed by atoms with van der Waals surface area (Å²) in [6, 6.07) is -0.717. The average Bonchev–Trinajstić information content (AvgIpc) is 2.98. The number of hydrogen-bond acceptors (Lipinski definition) is 7. The first-order valence-electron chi connectivity index (χ1n) is 18.6. The summed E-state index contributed by atoms with van der Waals surface area (Å²) in [5.41, 5.74) is 0. The minimum atomic E-state index is -1.12. The first kappa shape index (κ1) is 43.3. The number of carbonyl (C=O) groups is 3. The van der Waals surface area contributed by atoms with Gasteiger partial charge in [-0.1, -0.05) is 136 Å². The number of nitrogens with zero attached hydrogens (tertiary/aromatic N) is 1. The Hall–Kier alpha value is -1.67. The third-order valence-electron chi connectivity index (χ3n) is 8.49. The minimum Gasteiger partial charge on any atom is -0.544 e. The van der Waals surface area contributed by atoms with E-state index in [1.807, 2.05) is 0 Å². The number of esters is 2. The molecule has 8 heteroatoms. The van der Waals surface area contributed by atoms with Crippen LogP contribution in [0, 0.1) is 0 Å². The maximum atomic E-state index is 12.5. The first-order valence-corrected chi connectivity index (χ1v) is 18.6. The van der Waals surface area contributed by atoms with E-state index in [0.29, 0.717) is 12.8 Å². The smallest absolute Gasteiger partial charge is 0.306 e. The molecule has 0 aliphatic carbocycles. The molecule has 0 radical (unpaired) electrons. The van der Waals surface area contributed by atoms with Crippen LogP contribution in [0.3, 0.4) is 0 Å². The maximum absolute atomic E-state index is 12.5. The van der Waals surface area contributed by atoms with Crippen LogP contribution in [0.4, 0.5) is 0 Å². The molecule has 0 aliphatic heterocycles. The molecule has 0 spiro atoms. The summed E-state index contributed by atoms with van der Waals surface area (Å²) in [5.74, 6) is -1.73. The molecule has 2 atom stereocenters. The van der Waals surface area contributed by atoms with Crippen molar-refractivity contribution in [1.29, 1.82) is 0 Å². The van der Waals surface area contributed by atoms with Crippen LogP contribution in [0.15, 0.2) is 0 Å². The summed E-state index contributed by atoms with van der Waals surface area (Å²) >= 11 is 0. The first-order chi connectivity index (χ1) is 21.6. The Morgan fingerprint density at radius 2 is 0.978 bits per heavy atom. The lowest BCUT2D eigenvalue weighted by Crippen LogP contribution is -2.55. The predicted molar refractivity (Wildman–Crippen MR) is 181 cm³/mol. The Balaban J connectivity index is 4.36. The summed E-state index contributed by atoms with van der Waals surface area (Å²) in [6.45, 7) is 4.63. The number of likely N-dealkylation sites (N-methyl/N-ethyl adjacent to an activating group) is 1. The van der Waals surface area contributed by atoms with Gasteiger partial charge in [0.2, 0.25) is 0 Å². The number of unbranched alkanes of at least 4 members (excludes halogenated alkanes) is 19. The van der Waals surface area contributed by atoms with Crippen LogP contribution in [0.5, 0.6) is 0 Å². The van der Waals surface area contributed by atoms with Crippen molar-refractivity contribution < 1.29 is 38.2 Å². The summed E-state index contributed by atoms with van der Waals surface area (Å²) in [7, 11) is 5.40. The Bertz CT molecular complexity index is 722. The fraction of sp³-hybridized carbons (Fsp3) is 0.919. The van der Waals surface area contributed by atoms with Crippen molar-refractivity contribution in [3.05, 3.63) is 0 Å². The van der Waals surface area contributed by atoms with E-state index in [1.54, 1.807) is 21.1 Å². The van der Waals surface area contributed by atoms with Gasteiger partial charge >= 0.3 is 11.9 Å². The largest absolute Gasteiger partial charge is 0.544 e. The second-order valence-electron chi connectivity index (χ2n) is 13.8. The van der Waals surface area contributed by atoms with Gasteiger partial charge in [-0.3, -0.25) is 9.59 Å². The number of carboxylic acids is 1. The molecule has 8 nitrogen and oxygen atoms in total. The van der Waals surface area contributed by atoms with Crippen LogP contribution in [0.1, 0.15) is 168 Å². The standard InChI is InChI=1S/C37H71NO7/c1-6-8-10-12-14-16-17-18-19-20-22-23-25-27-35(39)44-32-33(31-43-30-29-34(37(41)42)38(3,4)5)45-36(40)28-26-24-21-15-13-11-9-7-2/h33-34H,6-32H2,1-5H3. The fourth-order valence-corrected chi connectivity index (χ4v) is 5.54. The highest BCUT2D eigenvalue weighted by Crippen LogP contribution is 2.14. The Morgan fingerprint density at radius 1 is 0.578 bits per heavy atom. The van der Waals surface area contributed by atoms with Crippen LogP contribution in [-0.2, 0) is 28.6 Å². The molecular formula is C37H71NO7. The van der Waals surface area contributed by atoms with Gasteiger partial charge in [0.05, 0.1) is 40.3 Å². The maximum Gasteiger partial charge on any atom is 0.306 e. The summed E-state index contributed by atoms with van der Waals surface area (Å²) < 4.78 is 17.0. The lowest BCUT2D eigenvalue weighted by Gasteiger charge is -2.34. The molecule has 0 aromatic heterocycles. The molecule has 45 heavy (non-hydrogen) atoms. The van der Waals surface area contributed by atoms with Gasteiger partial charge in [-0.25, -0.2) is 0 Å². The van der Waals surface area contributed by atoms with Crippen LogP contribution in [0.2, 0.25) is 0 Å². The van der Waals surface area contributed by atoms with E-state index in [1.165, 1.54) is 96.3 Å². The second kappa shape index (κ2) is 29.7. The van der Waals surface area contributed by atoms with Gasteiger partial charge in [-0.2, -0.15) is 0 Å². The zero-order valence-corrected chi connectivity index (χ0v) is 30.1. The van der Waals surface area contributed by atoms with Crippen LogP contribution in [-0.4, -0.2) is 75.5 Å². The van der Waals surface area contributed by atoms with Crippen molar-refractivity contribution >= 4 is 17.9 Å². The molecule has 0 amide bonds. The Kier molecular flexibility index (Phi) is 28.6. The number of aliphatic carboxylic acids is 1. The lowest BCUT2D eigenvalue weighted by molar-refractivity contribution is -0.889. The van der Waals surface area contributed by atoms with E-state index < -0.39 is 18.1 Å². The number of ether oxygens (including phenoxy) is 3. The van der Waals surface area contributed by atoms with Gasteiger partial charge < -0.3 is 28.6 Å². The highest BCUT2D eigenvalue weighted by Gasteiger charge is 2.25. The van der Waals surface area contributed by atoms with Gasteiger partial charge in [0.1, 0.15) is 12.6 Å². The van der Waals surface area contributed by atoms with Gasteiger partial charge in [0.15, 0.2) is 6.10 Å². The lowest BCUT2D eigenvalue weighted by atomic mass is 10.0. The van der Waals surface area contributed by atoms with E-state index in [0.717, 1.165) is 38.5 Å². The molecule has 0 fully saturated rings. The summed E-state index contributed by atoms with van der Waals surface area (Å²) in [6.07, 6.45) is 25.6. The van der Waals surface area contributed by atoms with Crippen LogP contribution >= 0.6 is 0 Å². The highest BCUT2D eigenvalue weighted by molar-refractivity contribution is 5.70. The van der Waals surface area contributed by atoms with E-state index in [9.17, 15) is 19.5 Å². The fourth-order valence-electron chi connectivity index (χ4n) is 5.54. The SMILES string of the molecule is CCCCCCCCCCCCCCCC(=O)OCC(COCCC(C(=O)[O-])[N+](C)(C)C)OC(=O)CCCCCCCCCC. The third-order valence-corrected chi connectivity index (χ3v) is 8.49. The third kappa shape index (κ3) is 28.3. The number of hydrogen-bond donors (Lipinski definition) is 0. The molecular weight excluding hydrogens is 570 g/mol. The van der Waals surface area contributed by atoms with Crippen LogP contribution in [0.25, 0.3) is 0 Å². The number of carboxylic acid groups (broad SMARTS) is 1. The van der Waals surface area contributed by atoms with Crippen LogP contribution < -0.4 is 5.11 Å². The van der Waals surface area contributed by atoms with Gasteiger partial charge in [0, 0.05) is 19.3 Å². The highest BCUT2D eigenvalue weighted by atomic mass is 16.6. The molecule has 0 aromatic carbocycles. The topological polar surface area (TPSA) is 102 Å². The molecule has 0 heterocycles. The molecule has 0 saturated heterocycles. The molecule has 0 aromatic rings. The van der Waals surface area contributed by atoms with E-state index in [4.69, 9.17) is 14.2 Å². The summed E-state index contributed by atoms with van der Waals surface area (Å²) in [5, 5.41) is 11.5. The van der Waals surface area contributed by atoms with E-state index in [-0.39, 0.29) is 42.7 Å². The second-order valence-corrected chi connectivity index (χ2v) is 13.8. The van der Waals surface area contributed by atoms with E-state index in [2.05, 4.69) is 13.8 Å². The zero-order chi connectivity index (χ0) is 33.6. The molecule has 0 saturated carbocycles. The number of quaternary nitrogens is 1. The van der Waals surface area contributed by atoms with Crippen molar-refractivity contribution in [3.8, 4) is 0 Å². The molecule has 0 bridgehead atoms. The molecule has 0 rings (SSSR count). The van der Waals surface area contributed by atoms with Crippen molar-refractivity contribution in [1.82, 2.24) is 0 Å². The Labute approximate surface area is 276 Å². The monoisotopic (exact) mass is 642 g/mol. The van der Waals surface area contributed by atoms with Crippen molar-refractivity contribution in [3.63, 3.8) is 0 Å². The van der Waals surface area contributed by atoms with Crippen molar-refractivity contribution in [2.45, 2.75) is 180 Å². The van der Waals surface area contributed by atoms with Gasteiger partial charge in [-0.15, -0.1) is 0 Å². The average molecular weight is 642 g/mol. The van der Waals surface area contributed by atoms with Gasteiger partial charge in [0.25, 0.3) is 0 Å². The normalized spacial score (nSPS) is 13.0. The molecule has 2 unspecified atom stereocenters. The summed E-state index contributed by atoms with van der Waals surface area (Å²) in [4.78, 5) is 36.5. The molecule has 0 aliphatic rings. The zero-order valence-electron chi connectivity index (χ0n) is 30.1. The van der Waals surface area contributed by atoms with Crippen molar-refractivity contribution in [2.75, 3.05) is 41.0 Å². The quantitative estimate of drug-likeness (QED) is 0.0411. The van der Waals surface area contributed by atoms with Crippen molar-refractivity contribution in [2.24, 2.45) is 0 Å².